The maximum absolute atomic E-state index is 12.3. The summed E-state index contributed by atoms with van der Waals surface area (Å²) in [5.74, 6) is 1.35. The molecule has 1 heterocycles. The van der Waals surface area contributed by atoms with E-state index in [-0.39, 0.29) is 28.4 Å². The molecule has 1 aliphatic rings. The van der Waals surface area contributed by atoms with Gasteiger partial charge in [-0.15, -0.1) is 0 Å². The number of hydrogen-bond donors (Lipinski definition) is 1. The lowest BCUT2D eigenvalue weighted by Crippen LogP contribution is -2.44. The fourth-order valence-electron chi connectivity index (χ4n) is 3.47. The molecule has 0 aliphatic heterocycles. The molecule has 2 aromatic rings. The molecule has 1 amide bonds. The first-order valence-corrected chi connectivity index (χ1v) is 12.0. The van der Waals surface area contributed by atoms with Gasteiger partial charge < -0.3 is 9.73 Å². The van der Waals surface area contributed by atoms with Crippen LogP contribution >= 0.6 is 11.8 Å². The van der Waals surface area contributed by atoms with Crippen LogP contribution in [0.4, 0.5) is 0 Å². The number of rotatable bonds is 6. The Morgan fingerprint density at radius 2 is 2.11 bits per heavy atom. The summed E-state index contributed by atoms with van der Waals surface area (Å²) in [4.78, 5) is 16.9. The minimum absolute atomic E-state index is 0.0255. The molecule has 0 saturated heterocycles. The molecule has 1 aliphatic carbocycles. The third-order valence-electron chi connectivity index (χ3n) is 5.46. The molecule has 27 heavy (non-hydrogen) atoms. The van der Waals surface area contributed by atoms with Crippen LogP contribution in [0.2, 0.25) is 0 Å². The van der Waals surface area contributed by atoms with E-state index < -0.39 is 9.84 Å². The molecular weight excluding hydrogens is 384 g/mol. The Morgan fingerprint density at radius 3 is 2.85 bits per heavy atom. The van der Waals surface area contributed by atoms with Crippen LogP contribution in [-0.2, 0) is 14.6 Å². The Hall–Kier alpha value is -1.54. The molecule has 1 N–H and O–H groups in total. The number of carbonyl (C=O) groups excluding carboxylic acids is 1. The molecule has 0 spiro atoms. The van der Waals surface area contributed by atoms with Gasteiger partial charge in [0.05, 0.1) is 16.4 Å². The van der Waals surface area contributed by atoms with Gasteiger partial charge in [0, 0.05) is 6.04 Å². The van der Waals surface area contributed by atoms with Gasteiger partial charge in [-0.2, -0.15) is 0 Å². The van der Waals surface area contributed by atoms with E-state index in [9.17, 15) is 13.2 Å². The minimum atomic E-state index is -3.28. The number of fused-ring (bicyclic) bond motifs is 1. The van der Waals surface area contributed by atoms with Gasteiger partial charge in [0.15, 0.2) is 15.4 Å². The molecule has 0 unspecified atom stereocenters. The Bertz CT molecular complexity index is 923. The standard InChI is InChI=1S/C19H26N2O4S2/c1-4-27(23,24)14-8-9-17-16(10-14)21-19(25-17)26-11-18(22)20-15-7-5-6-12(2)13(15)3/h8-10,12-13,15H,4-7,11H2,1-3H3,(H,20,22)/t12-,13-,15-/m1/s1. The number of aromatic nitrogens is 1. The second kappa shape index (κ2) is 8.22. The van der Waals surface area contributed by atoms with E-state index in [0.29, 0.717) is 28.2 Å². The third-order valence-corrected chi connectivity index (χ3v) is 8.02. The van der Waals surface area contributed by atoms with Crippen LogP contribution in [0.15, 0.2) is 32.7 Å². The number of nitrogens with one attached hydrogen (secondary N) is 1. The maximum atomic E-state index is 12.3. The van der Waals surface area contributed by atoms with Crippen molar-refractivity contribution in [1.29, 1.82) is 0 Å². The Balaban J connectivity index is 1.62. The fraction of sp³-hybridized carbons (Fsp3) is 0.579. The second-order valence-electron chi connectivity index (χ2n) is 7.24. The predicted octanol–water partition coefficient (Wildman–Crippen LogP) is 3.65. The highest BCUT2D eigenvalue weighted by molar-refractivity contribution is 7.99. The van der Waals surface area contributed by atoms with Crippen LogP contribution in [0.5, 0.6) is 0 Å². The third kappa shape index (κ3) is 4.66. The number of oxazole rings is 1. The zero-order valence-corrected chi connectivity index (χ0v) is 17.5. The highest BCUT2D eigenvalue weighted by atomic mass is 32.2. The number of hydrogen-bond acceptors (Lipinski definition) is 6. The SMILES string of the molecule is CCS(=O)(=O)c1ccc2oc(SCC(=O)N[C@@H]3CCC[C@@H](C)[C@H]3C)nc2c1. The molecule has 1 aromatic heterocycles. The number of sulfone groups is 1. The van der Waals surface area contributed by atoms with Gasteiger partial charge in [0.2, 0.25) is 5.91 Å². The normalized spacial score (nSPS) is 23.4. The largest absolute Gasteiger partial charge is 0.431 e. The van der Waals surface area contributed by atoms with Crippen molar-refractivity contribution in [3.8, 4) is 0 Å². The van der Waals surface area contributed by atoms with E-state index >= 15 is 0 Å². The molecular formula is C19H26N2O4S2. The molecule has 1 saturated carbocycles. The van der Waals surface area contributed by atoms with E-state index in [1.807, 2.05) is 0 Å². The van der Waals surface area contributed by atoms with Crippen LogP contribution in [0.3, 0.4) is 0 Å². The average Bonchev–Trinajstić information content (AvgIpc) is 3.06. The van der Waals surface area contributed by atoms with Gasteiger partial charge in [0.1, 0.15) is 5.52 Å². The number of benzene rings is 1. The highest BCUT2D eigenvalue weighted by Gasteiger charge is 2.28. The summed E-state index contributed by atoms with van der Waals surface area (Å²) < 4.78 is 29.6. The lowest BCUT2D eigenvalue weighted by molar-refractivity contribution is -0.120. The van der Waals surface area contributed by atoms with Crippen LogP contribution in [0.1, 0.15) is 40.0 Å². The lowest BCUT2D eigenvalue weighted by atomic mass is 9.78. The summed E-state index contributed by atoms with van der Waals surface area (Å²) in [5.41, 5.74) is 1.00. The number of nitrogens with zero attached hydrogens (tertiary/aromatic N) is 1. The van der Waals surface area contributed by atoms with Gasteiger partial charge in [0.25, 0.3) is 5.22 Å². The zero-order valence-electron chi connectivity index (χ0n) is 15.9. The monoisotopic (exact) mass is 410 g/mol. The number of carbonyl (C=O) groups is 1. The summed E-state index contributed by atoms with van der Waals surface area (Å²) in [7, 11) is -3.28. The van der Waals surface area contributed by atoms with E-state index in [4.69, 9.17) is 4.42 Å². The molecule has 8 heteroatoms. The van der Waals surface area contributed by atoms with Crippen molar-refractivity contribution in [3.05, 3.63) is 18.2 Å². The molecule has 148 valence electrons. The zero-order chi connectivity index (χ0) is 19.6. The van der Waals surface area contributed by atoms with Crippen molar-refractivity contribution in [2.75, 3.05) is 11.5 Å². The van der Waals surface area contributed by atoms with Crippen LogP contribution in [0.25, 0.3) is 11.1 Å². The molecule has 1 fully saturated rings. The number of thioether (sulfide) groups is 1. The van der Waals surface area contributed by atoms with Crippen molar-refractivity contribution in [2.45, 2.75) is 56.2 Å². The molecule has 1 aromatic carbocycles. The van der Waals surface area contributed by atoms with E-state index in [1.54, 1.807) is 13.0 Å². The average molecular weight is 411 g/mol. The summed E-state index contributed by atoms with van der Waals surface area (Å²) in [6.45, 7) is 6.05. The first kappa shape index (κ1) is 20.2. The van der Waals surface area contributed by atoms with Crippen LogP contribution < -0.4 is 5.32 Å². The van der Waals surface area contributed by atoms with E-state index in [0.717, 1.165) is 12.8 Å². The Kier molecular flexibility index (Phi) is 6.15. The van der Waals surface area contributed by atoms with Gasteiger partial charge >= 0.3 is 0 Å². The Morgan fingerprint density at radius 1 is 1.33 bits per heavy atom. The van der Waals surface area contributed by atoms with E-state index in [1.165, 1.54) is 30.3 Å². The van der Waals surface area contributed by atoms with Crippen molar-refractivity contribution in [1.82, 2.24) is 10.3 Å². The van der Waals surface area contributed by atoms with Gasteiger partial charge in [-0.05, 0) is 36.5 Å². The molecule has 6 nitrogen and oxygen atoms in total. The molecule has 3 rings (SSSR count). The first-order chi connectivity index (χ1) is 12.8. The fourth-order valence-corrected chi connectivity index (χ4v) is 5.02. The van der Waals surface area contributed by atoms with Crippen molar-refractivity contribution in [2.24, 2.45) is 11.8 Å². The van der Waals surface area contributed by atoms with Crippen molar-refractivity contribution in [3.63, 3.8) is 0 Å². The molecule has 0 bridgehead atoms. The maximum Gasteiger partial charge on any atom is 0.257 e. The topological polar surface area (TPSA) is 89.3 Å². The summed E-state index contributed by atoms with van der Waals surface area (Å²) >= 11 is 1.22. The van der Waals surface area contributed by atoms with Crippen molar-refractivity contribution < 1.29 is 17.6 Å². The van der Waals surface area contributed by atoms with Gasteiger partial charge in [-0.25, -0.2) is 13.4 Å². The highest BCUT2D eigenvalue weighted by Crippen LogP contribution is 2.30. The van der Waals surface area contributed by atoms with Gasteiger partial charge in [-0.3, -0.25) is 4.79 Å². The summed E-state index contributed by atoms with van der Waals surface area (Å²) in [6.07, 6.45) is 3.40. The molecule has 3 atom stereocenters. The lowest BCUT2D eigenvalue weighted by Gasteiger charge is -2.34. The first-order valence-electron chi connectivity index (χ1n) is 9.35. The smallest absolute Gasteiger partial charge is 0.257 e. The summed E-state index contributed by atoms with van der Waals surface area (Å²) in [5, 5.41) is 3.50. The molecule has 0 radical (unpaired) electrons. The quantitative estimate of drug-likeness (QED) is 0.731. The summed E-state index contributed by atoms with van der Waals surface area (Å²) in [6, 6.07) is 4.89. The Labute approximate surface area is 164 Å². The second-order valence-corrected chi connectivity index (χ2v) is 10.4. The predicted molar refractivity (Wildman–Crippen MR) is 107 cm³/mol. The van der Waals surface area contributed by atoms with Gasteiger partial charge in [-0.1, -0.05) is 45.4 Å². The van der Waals surface area contributed by atoms with Crippen molar-refractivity contribution >= 4 is 38.6 Å². The number of amides is 1. The minimum Gasteiger partial charge on any atom is -0.431 e. The van der Waals surface area contributed by atoms with Crippen LogP contribution in [0, 0.1) is 11.8 Å². The van der Waals surface area contributed by atoms with Crippen LogP contribution in [-0.4, -0.2) is 36.9 Å². The van der Waals surface area contributed by atoms with E-state index in [2.05, 4.69) is 24.1 Å².